The van der Waals surface area contributed by atoms with Crippen LogP contribution in [0.3, 0.4) is 0 Å². The third kappa shape index (κ3) is 12.5. The number of carbonyl (C=O) groups excluding carboxylic acids is 9. The molecule has 3 aliphatic rings. The van der Waals surface area contributed by atoms with Crippen LogP contribution in [0.15, 0.2) is 18.2 Å². The Labute approximate surface area is 414 Å². The van der Waals surface area contributed by atoms with Crippen LogP contribution in [0.5, 0.6) is 17.2 Å². The Bertz CT molecular complexity index is 2510. The molecule has 1 fully saturated rings. The zero-order valence-electron chi connectivity index (χ0n) is 41.4. The van der Waals surface area contributed by atoms with Gasteiger partial charge in [-0.1, -0.05) is 26.0 Å². The summed E-state index contributed by atoms with van der Waals surface area (Å²) in [5.74, 6) is -9.36. The van der Waals surface area contributed by atoms with Crippen molar-refractivity contribution in [2.24, 2.45) is 11.7 Å². The molecule has 6 amide bonds. The van der Waals surface area contributed by atoms with Gasteiger partial charge in [0.25, 0.3) is 0 Å². The molecule has 5 rings (SSSR count). The van der Waals surface area contributed by atoms with Crippen LogP contribution < -0.4 is 37.1 Å². The summed E-state index contributed by atoms with van der Waals surface area (Å²) in [7, 11) is 1.27. The smallest absolute Gasteiger partial charge is 0.408 e. The minimum atomic E-state index is -2.46. The van der Waals surface area contributed by atoms with E-state index in [1.165, 1.54) is 46.1 Å². The highest BCUT2D eigenvalue weighted by Crippen LogP contribution is 2.52. The Balaban J connectivity index is 1.36. The predicted molar refractivity (Wildman–Crippen MR) is 249 cm³/mol. The van der Waals surface area contributed by atoms with Gasteiger partial charge >= 0.3 is 6.09 Å². The van der Waals surface area contributed by atoms with Crippen LogP contribution in [0.1, 0.15) is 130 Å². The SMILES string of the molecule is COc1cccc2c1C(=O)c1c(O)c3c(c(O)c1C2=O)C[C@@](O)(C(=O)CO)C[C@@H]3O[C@@H]1C[C@H](NC(=O)[C@H](CC(C)C)NC(=O)[C@H](CC(N)=O)NC(=O)[C@H](C)NC(=O)[C@H](C)NC(=O)OC(C)(C)C)[C@H](O)[C@H](C)O1. The summed E-state index contributed by atoms with van der Waals surface area (Å²) in [4.78, 5) is 119. The summed E-state index contributed by atoms with van der Waals surface area (Å²) in [5, 5.41) is 68.8. The first-order chi connectivity index (χ1) is 33.5. The van der Waals surface area contributed by atoms with E-state index in [-0.39, 0.29) is 46.8 Å². The second-order valence-corrected chi connectivity index (χ2v) is 19.6. The van der Waals surface area contributed by atoms with E-state index in [0.29, 0.717) is 0 Å². The van der Waals surface area contributed by atoms with Gasteiger partial charge in [-0.15, -0.1) is 0 Å². The van der Waals surface area contributed by atoms with E-state index in [2.05, 4.69) is 26.6 Å². The highest BCUT2D eigenvalue weighted by molar-refractivity contribution is 6.31. The van der Waals surface area contributed by atoms with Crippen molar-refractivity contribution in [3.05, 3.63) is 51.6 Å². The highest BCUT2D eigenvalue weighted by Gasteiger charge is 2.50. The van der Waals surface area contributed by atoms with Crippen molar-refractivity contribution in [1.82, 2.24) is 26.6 Å². The minimum Gasteiger partial charge on any atom is -0.507 e. The van der Waals surface area contributed by atoms with Crippen LogP contribution in [-0.4, -0.2) is 152 Å². The number of hydrogen-bond acceptors (Lipinski definition) is 18. The lowest BCUT2D eigenvalue weighted by atomic mass is 9.72. The van der Waals surface area contributed by atoms with Crippen LogP contribution in [0, 0.1) is 5.92 Å². The van der Waals surface area contributed by atoms with Gasteiger partial charge in [0, 0.05) is 36.0 Å². The molecule has 12 N–H and O–H groups in total. The molecule has 2 aromatic rings. The van der Waals surface area contributed by atoms with Gasteiger partial charge in [-0.2, -0.15) is 0 Å². The number of methoxy groups -OCH3 is 1. The van der Waals surface area contributed by atoms with Crippen molar-refractivity contribution < 1.29 is 87.6 Å². The Kier molecular flexibility index (Phi) is 17.4. The number of ketones is 3. The third-order valence-corrected chi connectivity index (χ3v) is 12.3. The molecule has 10 atom stereocenters. The van der Waals surface area contributed by atoms with Gasteiger partial charge in [-0.3, -0.25) is 38.4 Å². The van der Waals surface area contributed by atoms with E-state index in [0.717, 1.165) is 0 Å². The number of aromatic hydroxyl groups is 2. The minimum absolute atomic E-state index is 0.00260. The first-order valence-corrected chi connectivity index (χ1v) is 23.2. The maximum atomic E-state index is 14.1. The Hall–Kier alpha value is -6.73. The maximum absolute atomic E-state index is 14.1. The van der Waals surface area contributed by atoms with Gasteiger partial charge in [-0.05, 0) is 59.9 Å². The molecular weight excluding hydrogens is 949 g/mol. The van der Waals surface area contributed by atoms with Crippen molar-refractivity contribution in [2.75, 3.05) is 13.7 Å². The number of alkyl carbamates (subject to hydrolysis) is 1. The number of fused-ring (bicyclic) bond motifs is 3. The third-order valence-electron chi connectivity index (χ3n) is 12.3. The van der Waals surface area contributed by atoms with Gasteiger partial charge in [-0.25, -0.2) is 4.79 Å². The van der Waals surface area contributed by atoms with Crippen molar-refractivity contribution in [1.29, 1.82) is 0 Å². The summed E-state index contributed by atoms with van der Waals surface area (Å²) in [6, 6.07) is -2.51. The molecule has 1 heterocycles. The summed E-state index contributed by atoms with van der Waals surface area (Å²) < 4.78 is 22.7. The molecule has 0 aromatic heterocycles. The van der Waals surface area contributed by atoms with Crippen molar-refractivity contribution >= 4 is 53.0 Å². The number of ether oxygens (including phenoxy) is 4. The Morgan fingerprint density at radius 1 is 0.861 bits per heavy atom. The molecule has 72 heavy (non-hydrogen) atoms. The highest BCUT2D eigenvalue weighted by atomic mass is 16.7. The summed E-state index contributed by atoms with van der Waals surface area (Å²) in [6.45, 7) is 11.2. The predicted octanol–water partition coefficient (Wildman–Crippen LogP) is -0.532. The van der Waals surface area contributed by atoms with E-state index in [1.807, 2.05) is 0 Å². The van der Waals surface area contributed by atoms with Gasteiger partial charge in [0.05, 0.1) is 48.5 Å². The molecule has 394 valence electrons. The van der Waals surface area contributed by atoms with E-state index < -0.39 is 167 Å². The number of nitrogens with two attached hydrogens (primary N) is 1. The second-order valence-electron chi connectivity index (χ2n) is 19.6. The van der Waals surface area contributed by atoms with Crippen molar-refractivity contribution in [3.8, 4) is 17.2 Å². The Morgan fingerprint density at radius 3 is 2.07 bits per heavy atom. The van der Waals surface area contributed by atoms with Gasteiger partial charge in [0.2, 0.25) is 35.3 Å². The summed E-state index contributed by atoms with van der Waals surface area (Å²) >= 11 is 0. The van der Waals surface area contributed by atoms with Crippen LogP contribution in [-0.2, 0) is 49.4 Å². The van der Waals surface area contributed by atoms with Gasteiger partial charge in [0.15, 0.2) is 17.9 Å². The lowest BCUT2D eigenvalue weighted by molar-refractivity contribution is -0.249. The van der Waals surface area contributed by atoms with E-state index in [9.17, 15) is 68.7 Å². The van der Waals surface area contributed by atoms with E-state index >= 15 is 0 Å². The molecule has 2 aromatic carbocycles. The number of phenolic OH excluding ortho intramolecular Hbond substituents is 2. The zero-order valence-corrected chi connectivity index (χ0v) is 41.4. The van der Waals surface area contributed by atoms with Crippen LogP contribution >= 0.6 is 0 Å². The number of amides is 6. The average molecular weight is 1010 g/mol. The molecule has 0 saturated carbocycles. The molecule has 0 bridgehead atoms. The monoisotopic (exact) mass is 1010 g/mol. The van der Waals surface area contributed by atoms with E-state index in [1.54, 1.807) is 34.6 Å². The summed E-state index contributed by atoms with van der Waals surface area (Å²) in [6.07, 6.45) is -9.01. The molecular formula is C48H64N6O18. The number of Topliss-reactive ketones (excluding diaryl/α,β-unsaturated/α-hetero) is 1. The molecule has 1 saturated heterocycles. The van der Waals surface area contributed by atoms with Gasteiger partial charge in [0.1, 0.15) is 65.3 Å². The van der Waals surface area contributed by atoms with Gasteiger partial charge < -0.3 is 76.8 Å². The first-order valence-electron chi connectivity index (χ1n) is 23.2. The number of benzene rings is 2. The fourth-order valence-corrected chi connectivity index (χ4v) is 8.78. The number of aliphatic hydroxyl groups excluding tert-OH is 2. The normalized spacial score (nSPS) is 23.2. The number of nitrogens with one attached hydrogen (secondary N) is 5. The standard InChI is InChI=1S/C48H64N6O18/c1-19(2)13-26(54-45(66)27(14-31(49)57)53-43(64)20(3)50-42(63)21(4)51-46(67)72-47(6,7)8)44(65)52-25-15-32(70-22(5)37(25)58)71-29-17-48(68,30(56)18-55)16-24-34(29)41(62)36-35(39(24)60)38(59)23-11-10-12-28(69-9)33(23)40(36)61/h10-12,19-22,25-27,29,32,37,55,58,60,62,68H,13-18H2,1-9H3,(H2,49,57)(H,50,63)(H,51,67)(H,52,65)(H,53,64)(H,54,66)/t20-,21-,22-,25-,26-,27-,29-,32+,37+,48-/m0/s1. The number of carbonyl (C=O) groups is 9. The number of hydrogen-bond donors (Lipinski definition) is 11. The molecule has 0 unspecified atom stereocenters. The second kappa shape index (κ2) is 22.4. The average Bonchev–Trinajstić information content (AvgIpc) is 3.28. The molecule has 24 heteroatoms. The maximum Gasteiger partial charge on any atom is 0.408 e. The van der Waals surface area contributed by atoms with E-state index in [4.69, 9.17) is 24.7 Å². The molecule has 0 spiro atoms. The molecule has 1 aliphatic heterocycles. The lowest BCUT2D eigenvalue weighted by Crippen LogP contribution is -2.61. The summed E-state index contributed by atoms with van der Waals surface area (Å²) in [5.41, 5.74) is -0.0615. The van der Waals surface area contributed by atoms with Crippen LogP contribution in [0.25, 0.3) is 0 Å². The number of phenols is 2. The van der Waals surface area contributed by atoms with Crippen molar-refractivity contribution in [2.45, 2.75) is 154 Å². The number of rotatable bonds is 18. The quantitative estimate of drug-likeness (QED) is 0.0713. The first kappa shape index (κ1) is 56.2. The largest absolute Gasteiger partial charge is 0.507 e. The fraction of sp³-hybridized carbons (Fsp3) is 0.562. The lowest BCUT2D eigenvalue weighted by Gasteiger charge is -2.43. The zero-order chi connectivity index (χ0) is 53.9. The fourth-order valence-electron chi connectivity index (χ4n) is 8.78. The van der Waals surface area contributed by atoms with Crippen molar-refractivity contribution in [3.63, 3.8) is 0 Å². The number of aliphatic hydroxyl groups is 3. The van der Waals surface area contributed by atoms with Crippen LogP contribution in [0.4, 0.5) is 4.79 Å². The topological polar surface area (TPSA) is 378 Å². The molecule has 2 aliphatic carbocycles. The number of primary amides is 1. The van der Waals surface area contributed by atoms with Crippen LogP contribution in [0.2, 0.25) is 0 Å². The Morgan fingerprint density at radius 2 is 1.47 bits per heavy atom. The molecule has 0 radical (unpaired) electrons. The molecule has 24 nitrogen and oxygen atoms in total.